The molecule has 2 saturated heterocycles. The summed E-state index contributed by atoms with van der Waals surface area (Å²) in [6, 6.07) is 0. The molecule has 1 amide bonds. The van der Waals surface area contributed by atoms with E-state index in [1.807, 2.05) is 4.90 Å². The average molecular weight is 281 g/mol. The Hall–Kier alpha value is -0.650. The smallest absolute Gasteiger partial charge is 0.254 e. The molecule has 114 valence electrons. The lowest BCUT2D eigenvalue weighted by molar-refractivity contribution is -0.160. The summed E-state index contributed by atoms with van der Waals surface area (Å²) >= 11 is 0. The van der Waals surface area contributed by atoms with Crippen LogP contribution in [0, 0.1) is 5.92 Å². The second-order valence-electron chi connectivity index (χ2n) is 6.48. The molecular formula is C15H27N3O2. The summed E-state index contributed by atoms with van der Waals surface area (Å²) in [6.45, 7) is 6.78. The van der Waals surface area contributed by atoms with E-state index in [9.17, 15) is 4.79 Å². The minimum atomic E-state index is -0.566. The topological polar surface area (TPSA) is 44.8 Å². The van der Waals surface area contributed by atoms with E-state index in [1.165, 1.54) is 19.4 Å². The van der Waals surface area contributed by atoms with Crippen LogP contribution in [0.25, 0.3) is 0 Å². The first-order valence-electron chi connectivity index (χ1n) is 8.01. The van der Waals surface area contributed by atoms with Crippen LogP contribution in [0.2, 0.25) is 0 Å². The maximum absolute atomic E-state index is 12.8. The van der Waals surface area contributed by atoms with Gasteiger partial charge < -0.3 is 15.0 Å². The van der Waals surface area contributed by atoms with Gasteiger partial charge in [0.25, 0.3) is 5.91 Å². The Morgan fingerprint density at radius 2 is 1.85 bits per heavy atom. The van der Waals surface area contributed by atoms with Crippen LogP contribution in [0.1, 0.15) is 25.7 Å². The number of nitrogens with zero attached hydrogens (tertiary/aromatic N) is 2. The number of carbonyl (C=O) groups excluding carboxylic acids is 1. The molecule has 20 heavy (non-hydrogen) atoms. The van der Waals surface area contributed by atoms with E-state index in [0.717, 1.165) is 58.0 Å². The number of hydrogen-bond donors (Lipinski definition) is 1. The molecule has 0 aromatic carbocycles. The Kier molecular flexibility index (Phi) is 4.29. The number of methoxy groups -OCH3 is 1. The number of piperazine rings is 1. The van der Waals surface area contributed by atoms with Crippen LogP contribution in [0.3, 0.4) is 0 Å². The van der Waals surface area contributed by atoms with E-state index in [-0.39, 0.29) is 5.91 Å². The molecule has 5 nitrogen and oxygen atoms in total. The summed E-state index contributed by atoms with van der Waals surface area (Å²) in [5, 5.41) is 3.31. The molecule has 2 aliphatic heterocycles. The van der Waals surface area contributed by atoms with Crippen molar-refractivity contribution in [3.63, 3.8) is 0 Å². The molecule has 3 rings (SSSR count). The second kappa shape index (κ2) is 6.00. The lowest BCUT2D eigenvalue weighted by atomic mass is 9.90. The Morgan fingerprint density at radius 1 is 1.20 bits per heavy atom. The molecule has 0 aromatic heterocycles. The van der Waals surface area contributed by atoms with Gasteiger partial charge in [0.05, 0.1) is 0 Å². The van der Waals surface area contributed by atoms with E-state index in [4.69, 9.17) is 4.74 Å². The zero-order valence-corrected chi connectivity index (χ0v) is 12.6. The van der Waals surface area contributed by atoms with Crippen molar-refractivity contribution in [2.75, 3.05) is 52.9 Å². The maximum atomic E-state index is 12.8. The van der Waals surface area contributed by atoms with Crippen molar-refractivity contribution < 1.29 is 9.53 Å². The largest absolute Gasteiger partial charge is 0.368 e. The highest BCUT2D eigenvalue weighted by atomic mass is 16.5. The number of nitrogens with one attached hydrogen (secondary N) is 1. The van der Waals surface area contributed by atoms with Crippen LogP contribution in [-0.4, -0.2) is 74.2 Å². The normalized spacial score (nSPS) is 27.6. The van der Waals surface area contributed by atoms with E-state index in [2.05, 4.69) is 10.2 Å². The molecule has 0 aromatic rings. The van der Waals surface area contributed by atoms with Crippen molar-refractivity contribution in [3.05, 3.63) is 0 Å². The average Bonchev–Trinajstić information content (AvgIpc) is 3.32. The Bertz CT molecular complexity index is 343. The third kappa shape index (κ3) is 3.00. The van der Waals surface area contributed by atoms with Crippen LogP contribution < -0.4 is 5.32 Å². The van der Waals surface area contributed by atoms with Crippen LogP contribution >= 0.6 is 0 Å². The fraction of sp³-hybridized carbons (Fsp3) is 0.933. The van der Waals surface area contributed by atoms with E-state index in [1.54, 1.807) is 7.11 Å². The van der Waals surface area contributed by atoms with E-state index in [0.29, 0.717) is 0 Å². The van der Waals surface area contributed by atoms with Gasteiger partial charge in [-0.2, -0.15) is 0 Å². The van der Waals surface area contributed by atoms with Gasteiger partial charge in [0.15, 0.2) is 0 Å². The van der Waals surface area contributed by atoms with Crippen molar-refractivity contribution in [3.8, 4) is 0 Å². The standard InChI is InChI=1S/C15H27N3O2/c1-20-15(4-6-16-7-5-15)14(19)18-10-8-17(9-11-18)12-13-2-3-13/h13,16H,2-12H2,1H3. The SMILES string of the molecule is COC1(C(=O)N2CCN(CC3CC3)CC2)CCNCC1. The van der Waals surface area contributed by atoms with Crippen LogP contribution in [0.4, 0.5) is 0 Å². The van der Waals surface area contributed by atoms with Crippen molar-refractivity contribution in [2.24, 2.45) is 5.92 Å². The van der Waals surface area contributed by atoms with E-state index < -0.39 is 5.60 Å². The number of ether oxygens (including phenoxy) is 1. The summed E-state index contributed by atoms with van der Waals surface area (Å²) in [4.78, 5) is 17.3. The lowest BCUT2D eigenvalue weighted by Gasteiger charge is -2.42. The molecular weight excluding hydrogens is 254 g/mol. The number of amides is 1. The summed E-state index contributed by atoms with van der Waals surface area (Å²) in [7, 11) is 1.69. The van der Waals surface area contributed by atoms with Gasteiger partial charge in [-0.15, -0.1) is 0 Å². The first-order valence-corrected chi connectivity index (χ1v) is 8.01. The summed E-state index contributed by atoms with van der Waals surface area (Å²) in [5.41, 5.74) is -0.566. The number of carbonyl (C=O) groups is 1. The molecule has 0 radical (unpaired) electrons. The molecule has 5 heteroatoms. The van der Waals surface area contributed by atoms with Crippen molar-refractivity contribution >= 4 is 5.91 Å². The fourth-order valence-electron chi connectivity index (χ4n) is 3.42. The minimum absolute atomic E-state index is 0.215. The molecule has 1 aliphatic carbocycles. The van der Waals surface area contributed by atoms with Gasteiger partial charge in [0.1, 0.15) is 5.60 Å². The first kappa shape index (κ1) is 14.3. The zero-order valence-electron chi connectivity index (χ0n) is 12.6. The van der Waals surface area contributed by atoms with Gasteiger partial charge in [-0.25, -0.2) is 0 Å². The Morgan fingerprint density at radius 3 is 2.40 bits per heavy atom. The van der Waals surface area contributed by atoms with Crippen LogP contribution in [0.5, 0.6) is 0 Å². The van der Waals surface area contributed by atoms with Gasteiger partial charge in [0, 0.05) is 39.8 Å². The van der Waals surface area contributed by atoms with Gasteiger partial charge >= 0.3 is 0 Å². The predicted molar refractivity (Wildman–Crippen MR) is 77.6 cm³/mol. The van der Waals surface area contributed by atoms with Gasteiger partial charge in [0.2, 0.25) is 0 Å². The molecule has 2 heterocycles. The molecule has 1 saturated carbocycles. The van der Waals surface area contributed by atoms with Crippen molar-refractivity contribution in [2.45, 2.75) is 31.3 Å². The summed E-state index contributed by atoms with van der Waals surface area (Å²) < 4.78 is 5.65. The molecule has 3 fully saturated rings. The van der Waals surface area contributed by atoms with Gasteiger partial charge in [-0.05, 0) is 44.7 Å². The second-order valence-corrected chi connectivity index (χ2v) is 6.48. The van der Waals surface area contributed by atoms with Gasteiger partial charge in [-0.1, -0.05) is 0 Å². The number of piperidine rings is 1. The van der Waals surface area contributed by atoms with Crippen molar-refractivity contribution in [1.29, 1.82) is 0 Å². The number of hydrogen-bond acceptors (Lipinski definition) is 4. The molecule has 3 aliphatic rings. The highest BCUT2D eigenvalue weighted by molar-refractivity contribution is 5.85. The van der Waals surface area contributed by atoms with Crippen molar-refractivity contribution in [1.82, 2.24) is 15.1 Å². The third-order valence-electron chi connectivity index (χ3n) is 5.06. The Labute approximate surface area is 121 Å². The highest BCUT2D eigenvalue weighted by Crippen LogP contribution is 2.30. The van der Waals surface area contributed by atoms with Crippen LogP contribution in [-0.2, 0) is 9.53 Å². The highest BCUT2D eigenvalue weighted by Gasteiger charge is 2.43. The summed E-state index contributed by atoms with van der Waals surface area (Å²) in [6.07, 6.45) is 4.40. The lowest BCUT2D eigenvalue weighted by Crippen LogP contribution is -2.59. The zero-order chi connectivity index (χ0) is 14.0. The fourth-order valence-corrected chi connectivity index (χ4v) is 3.42. The molecule has 0 unspecified atom stereocenters. The molecule has 0 spiro atoms. The number of rotatable bonds is 4. The predicted octanol–water partition coefficient (Wildman–Crippen LogP) is 0.309. The first-order chi connectivity index (χ1) is 9.73. The quantitative estimate of drug-likeness (QED) is 0.805. The molecule has 0 bridgehead atoms. The summed E-state index contributed by atoms with van der Waals surface area (Å²) in [5.74, 6) is 1.15. The van der Waals surface area contributed by atoms with Gasteiger partial charge in [-0.3, -0.25) is 9.69 Å². The van der Waals surface area contributed by atoms with Crippen LogP contribution in [0.15, 0.2) is 0 Å². The third-order valence-corrected chi connectivity index (χ3v) is 5.06. The maximum Gasteiger partial charge on any atom is 0.254 e. The monoisotopic (exact) mass is 281 g/mol. The molecule has 1 N–H and O–H groups in total. The Balaban J connectivity index is 1.54. The van der Waals surface area contributed by atoms with E-state index >= 15 is 0 Å². The molecule has 0 atom stereocenters. The minimum Gasteiger partial charge on any atom is -0.368 e.